The molecule has 0 radical (unpaired) electrons. The van der Waals surface area contributed by atoms with E-state index in [1.54, 1.807) is 54.6 Å². The molecule has 1 heterocycles. The predicted octanol–water partition coefficient (Wildman–Crippen LogP) is 6.05. The van der Waals surface area contributed by atoms with Crippen LogP contribution in [-0.2, 0) is 4.74 Å². The van der Waals surface area contributed by atoms with Gasteiger partial charge in [0.05, 0.1) is 23.8 Å². The Balaban J connectivity index is 0.00000324. The maximum Gasteiger partial charge on any atom is 0.413 e. The van der Waals surface area contributed by atoms with Gasteiger partial charge in [-0.1, -0.05) is 6.07 Å². The van der Waals surface area contributed by atoms with Crippen LogP contribution in [0.25, 0.3) is 11.0 Å². The molecule has 3 amide bonds. The number of aromatic amines is 1. The molecular weight excluding hydrogens is 465 g/mol. The van der Waals surface area contributed by atoms with Crippen molar-refractivity contribution >= 4 is 52.9 Å². The van der Waals surface area contributed by atoms with E-state index in [0.29, 0.717) is 28.2 Å². The van der Waals surface area contributed by atoms with Crippen LogP contribution < -0.4 is 20.7 Å². The molecule has 0 atom stereocenters. The van der Waals surface area contributed by atoms with E-state index in [-0.39, 0.29) is 24.0 Å². The van der Waals surface area contributed by atoms with Crippen molar-refractivity contribution in [3.8, 4) is 11.5 Å². The number of H-pyrrole nitrogens is 1. The smallest absolute Gasteiger partial charge is 0.413 e. The van der Waals surface area contributed by atoms with Crippen molar-refractivity contribution in [3.05, 3.63) is 72.0 Å². The number of urea groups is 1. The van der Waals surface area contributed by atoms with Crippen molar-refractivity contribution in [2.75, 3.05) is 23.1 Å². The monoisotopic (exact) mass is 485 g/mol. The molecule has 0 unspecified atom stereocenters. The van der Waals surface area contributed by atoms with Gasteiger partial charge in [-0.05, 0) is 61.0 Å². The van der Waals surface area contributed by atoms with Crippen LogP contribution in [0.3, 0.4) is 0 Å². The van der Waals surface area contributed by atoms with Crippen LogP contribution in [0.1, 0.15) is 5.56 Å². The van der Waals surface area contributed by atoms with Crippen molar-refractivity contribution in [2.45, 2.75) is 6.92 Å². The van der Waals surface area contributed by atoms with E-state index >= 15 is 0 Å². The fourth-order valence-electron chi connectivity index (χ4n) is 3.02. The van der Waals surface area contributed by atoms with Crippen molar-refractivity contribution < 1.29 is 23.5 Å². The number of rotatable bonds is 5. The Morgan fingerprint density at radius 3 is 2.41 bits per heavy atom. The van der Waals surface area contributed by atoms with Crippen molar-refractivity contribution in [1.82, 2.24) is 9.97 Å². The lowest BCUT2D eigenvalue weighted by Gasteiger charge is -2.10. The van der Waals surface area contributed by atoms with Crippen molar-refractivity contribution in [1.29, 1.82) is 0 Å². The first-order valence-electron chi connectivity index (χ1n) is 9.86. The number of aromatic nitrogens is 2. The number of nitrogens with one attached hydrogen (secondary N) is 4. The van der Waals surface area contributed by atoms with Crippen LogP contribution in [0.5, 0.6) is 11.5 Å². The van der Waals surface area contributed by atoms with Crippen LogP contribution in [0.2, 0.25) is 0 Å². The average molecular weight is 486 g/mol. The number of halogens is 2. The molecule has 176 valence electrons. The van der Waals surface area contributed by atoms with E-state index < -0.39 is 17.9 Å². The van der Waals surface area contributed by atoms with E-state index in [4.69, 9.17) is 4.74 Å². The van der Waals surface area contributed by atoms with Gasteiger partial charge in [0.25, 0.3) is 0 Å². The highest BCUT2D eigenvalue weighted by Crippen LogP contribution is 2.26. The topological polar surface area (TPSA) is 117 Å². The number of benzene rings is 3. The van der Waals surface area contributed by atoms with E-state index in [2.05, 4.69) is 30.7 Å². The van der Waals surface area contributed by atoms with Gasteiger partial charge in [-0.3, -0.25) is 5.32 Å². The molecule has 0 aliphatic carbocycles. The van der Waals surface area contributed by atoms with Gasteiger partial charge in [0.2, 0.25) is 5.95 Å². The summed E-state index contributed by atoms with van der Waals surface area (Å²) in [6.45, 7) is 1.81. The molecular formula is C23H21ClFN5O4. The second kappa shape index (κ2) is 10.5. The number of ether oxygens (including phenoxy) is 2. The summed E-state index contributed by atoms with van der Waals surface area (Å²) in [5.41, 5.74) is 2.75. The van der Waals surface area contributed by atoms with Crippen LogP contribution in [0.15, 0.2) is 60.7 Å². The second-order valence-electron chi connectivity index (χ2n) is 7.07. The summed E-state index contributed by atoms with van der Waals surface area (Å²) in [5, 5.41) is 7.60. The van der Waals surface area contributed by atoms with E-state index in [1.807, 2.05) is 6.92 Å². The molecule has 0 saturated heterocycles. The Kier molecular flexibility index (Phi) is 7.54. The molecule has 34 heavy (non-hydrogen) atoms. The molecule has 4 aromatic rings. The number of aryl methyl sites for hydroxylation is 1. The number of hydrogen-bond acceptors (Lipinski definition) is 5. The van der Waals surface area contributed by atoms with Crippen LogP contribution in [-0.4, -0.2) is 29.2 Å². The summed E-state index contributed by atoms with van der Waals surface area (Å²) in [5.74, 6) is 0.830. The number of fused-ring (bicyclic) bond motifs is 1. The van der Waals surface area contributed by atoms with Crippen molar-refractivity contribution in [2.24, 2.45) is 0 Å². The second-order valence-corrected chi connectivity index (χ2v) is 7.07. The van der Waals surface area contributed by atoms with Crippen molar-refractivity contribution in [3.63, 3.8) is 0 Å². The number of methoxy groups -OCH3 is 1. The summed E-state index contributed by atoms with van der Waals surface area (Å²) in [7, 11) is 1.26. The normalized spacial score (nSPS) is 10.2. The highest BCUT2D eigenvalue weighted by molar-refractivity contribution is 5.99. The van der Waals surface area contributed by atoms with Gasteiger partial charge in [-0.2, -0.15) is 0 Å². The summed E-state index contributed by atoms with van der Waals surface area (Å²) >= 11 is 0. The predicted molar refractivity (Wildman–Crippen MR) is 130 cm³/mol. The first-order chi connectivity index (χ1) is 15.9. The number of nitrogens with zero attached hydrogens (tertiary/aromatic N) is 1. The summed E-state index contributed by atoms with van der Waals surface area (Å²) in [6, 6.07) is 15.8. The molecule has 4 rings (SSSR count). The third kappa shape index (κ3) is 5.93. The first kappa shape index (κ1) is 24.3. The molecule has 0 fully saturated rings. The number of anilines is 3. The standard InChI is InChI=1S/C23H20FN5O4.ClH/c1-13-3-9-17(24)19(11-13)28-22(30)25-14-4-6-15(7-5-14)33-16-8-10-18-20(12-16)27-21(26-18)29-23(31)32-2;/h3-12H,1-2H3,(H2,25,28,30)(H2,26,27,29,31);1H. The highest BCUT2D eigenvalue weighted by Gasteiger charge is 2.09. The number of imidazole rings is 1. The van der Waals surface area contributed by atoms with Gasteiger partial charge in [0, 0.05) is 11.8 Å². The molecule has 0 saturated carbocycles. The van der Waals surface area contributed by atoms with Gasteiger partial charge in [-0.25, -0.2) is 19.0 Å². The number of carbonyl (C=O) groups is 2. The first-order valence-corrected chi connectivity index (χ1v) is 9.86. The molecule has 0 aliphatic rings. The van der Waals surface area contributed by atoms with Gasteiger partial charge >= 0.3 is 12.1 Å². The third-order valence-corrected chi connectivity index (χ3v) is 4.58. The highest BCUT2D eigenvalue weighted by atomic mass is 35.5. The molecule has 11 heteroatoms. The lowest BCUT2D eigenvalue weighted by Crippen LogP contribution is -2.20. The summed E-state index contributed by atoms with van der Waals surface area (Å²) in [6.07, 6.45) is -0.628. The van der Waals surface area contributed by atoms with Gasteiger partial charge < -0.3 is 25.1 Å². The minimum atomic E-state index is -0.628. The SMILES string of the molecule is COC(=O)Nc1nc2ccc(Oc3ccc(NC(=O)Nc4cc(C)ccc4F)cc3)cc2[nH]1.Cl. The van der Waals surface area contributed by atoms with E-state index in [1.165, 1.54) is 13.2 Å². The van der Waals surface area contributed by atoms with E-state index in [0.717, 1.165) is 5.56 Å². The maximum absolute atomic E-state index is 13.8. The number of amides is 3. The van der Waals surface area contributed by atoms with Crippen LogP contribution >= 0.6 is 12.4 Å². The maximum atomic E-state index is 13.8. The molecule has 0 spiro atoms. The third-order valence-electron chi connectivity index (χ3n) is 4.58. The quantitative estimate of drug-likeness (QED) is 0.274. The Hall–Kier alpha value is -4.31. The Labute approximate surface area is 200 Å². The summed E-state index contributed by atoms with van der Waals surface area (Å²) < 4.78 is 24.2. The lowest BCUT2D eigenvalue weighted by molar-refractivity contribution is 0.186. The zero-order chi connectivity index (χ0) is 23.4. The fourth-order valence-corrected chi connectivity index (χ4v) is 3.02. The Bertz CT molecular complexity index is 1330. The Morgan fingerprint density at radius 2 is 1.68 bits per heavy atom. The minimum Gasteiger partial charge on any atom is -0.457 e. The molecule has 1 aromatic heterocycles. The van der Waals surface area contributed by atoms with Crippen LogP contribution in [0, 0.1) is 12.7 Å². The van der Waals surface area contributed by atoms with Gasteiger partial charge in [0.1, 0.15) is 17.3 Å². The minimum absolute atomic E-state index is 0. The van der Waals surface area contributed by atoms with Crippen LogP contribution in [0.4, 0.5) is 31.3 Å². The summed E-state index contributed by atoms with van der Waals surface area (Å²) in [4.78, 5) is 30.7. The lowest BCUT2D eigenvalue weighted by atomic mass is 10.2. The fraction of sp³-hybridized carbons (Fsp3) is 0.0870. The average Bonchev–Trinajstić information content (AvgIpc) is 3.19. The zero-order valence-corrected chi connectivity index (χ0v) is 19.0. The molecule has 0 aliphatic heterocycles. The Morgan fingerprint density at radius 1 is 0.941 bits per heavy atom. The largest absolute Gasteiger partial charge is 0.457 e. The van der Waals surface area contributed by atoms with Gasteiger partial charge in [-0.15, -0.1) is 12.4 Å². The molecule has 4 N–H and O–H groups in total. The number of hydrogen-bond donors (Lipinski definition) is 4. The van der Waals surface area contributed by atoms with E-state index in [9.17, 15) is 14.0 Å². The molecule has 0 bridgehead atoms. The van der Waals surface area contributed by atoms with Gasteiger partial charge in [0.15, 0.2) is 0 Å². The molecule has 3 aromatic carbocycles. The number of carbonyl (C=O) groups excluding carboxylic acids is 2. The molecule has 9 nitrogen and oxygen atoms in total. The zero-order valence-electron chi connectivity index (χ0n) is 18.1.